The van der Waals surface area contributed by atoms with Crippen molar-refractivity contribution in [3.63, 3.8) is 0 Å². The first kappa shape index (κ1) is 26.4. The van der Waals surface area contributed by atoms with Crippen LogP contribution in [-0.4, -0.2) is 88.1 Å². The van der Waals surface area contributed by atoms with E-state index >= 15 is 4.39 Å². The smallest absolute Gasteiger partial charge is 0.246 e. The molecule has 0 aliphatic carbocycles. The number of imidazole rings is 1. The lowest BCUT2D eigenvalue weighted by atomic mass is 9.52. The van der Waals surface area contributed by atoms with Crippen molar-refractivity contribution in [2.24, 2.45) is 7.05 Å². The van der Waals surface area contributed by atoms with Crippen molar-refractivity contribution >= 4 is 57.3 Å². The highest BCUT2D eigenvalue weighted by Gasteiger charge is 2.37. The zero-order chi connectivity index (χ0) is 28.1. The average molecular weight is 522 g/mol. The number of benzene rings is 1. The van der Waals surface area contributed by atoms with Crippen LogP contribution in [0.15, 0.2) is 31.4 Å². The van der Waals surface area contributed by atoms with Crippen LogP contribution in [0, 0.1) is 23.5 Å². The second-order valence-corrected chi connectivity index (χ2v) is 9.17. The van der Waals surface area contributed by atoms with Gasteiger partial charge in [-0.3, -0.25) is 4.79 Å². The first-order valence-corrected chi connectivity index (χ1v) is 11.7. The van der Waals surface area contributed by atoms with Gasteiger partial charge in [-0.05, 0) is 23.7 Å². The van der Waals surface area contributed by atoms with Crippen LogP contribution in [-0.2, 0) is 16.6 Å². The fraction of sp³-hybridized carbons (Fsp3) is 0.292. The highest BCUT2D eigenvalue weighted by Crippen LogP contribution is 2.32. The lowest BCUT2D eigenvalue weighted by molar-refractivity contribution is -0.128. The molecule has 190 valence electrons. The van der Waals surface area contributed by atoms with Gasteiger partial charge in [-0.1, -0.05) is 12.5 Å². The number of amides is 1. The van der Waals surface area contributed by atoms with Gasteiger partial charge in [0, 0.05) is 19.7 Å². The number of hydrogen-bond acceptors (Lipinski definition) is 7. The molecule has 1 amide bonds. The summed E-state index contributed by atoms with van der Waals surface area (Å²) in [6.07, 6.45) is 4.18. The third-order valence-electron chi connectivity index (χ3n) is 6.46. The van der Waals surface area contributed by atoms with Crippen molar-refractivity contribution in [3.05, 3.63) is 54.3 Å². The molecular weight excluding hydrogens is 503 g/mol. The predicted octanol–water partition coefficient (Wildman–Crippen LogP) is 0.435. The van der Waals surface area contributed by atoms with E-state index in [0.29, 0.717) is 17.5 Å². The van der Waals surface area contributed by atoms with E-state index in [2.05, 4.69) is 38.5 Å². The molecule has 6 radical (unpaired) electrons. The van der Waals surface area contributed by atoms with Gasteiger partial charge in [0.05, 0.1) is 65.0 Å². The van der Waals surface area contributed by atoms with Gasteiger partial charge in [0.15, 0.2) is 11.5 Å². The van der Waals surface area contributed by atoms with Crippen LogP contribution in [0.1, 0.15) is 23.7 Å². The van der Waals surface area contributed by atoms with Gasteiger partial charge in [0.1, 0.15) is 29.2 Å². The molecule has 1 aliphatic heterocycles. The van der Waals surface area contributed by atoms with Crippen LogP contribution < -0.4 is 5.73 Å². The van der Waals surface area contributed by atoms with Gasteiger partial charge in [-0.2, -0.15) is 5.10 Å². The number of ether oxygens (including phenoxy) is 1. The van der Waals surface area contributed by atoms with Crippen molar-refractivity contribution in [1.82, 2.24) is 34.2 Å². The van der Waals surface area contributed by atoms with Gasteiger partial charge in [-0.25, -0.2) is 28.4 Å². The third kappa shape index (κ3) is 4.88. The van der Waals surface area contributed by atoms with Gasteiger partial charge < -0.3 is 19.9 Å². The average Bonchev–Trinajstić information content (AvgIpc) is 3.58. The van der Waals surface area contributed by atoms with Crippen LogP contribution >= 0.6 is 0 Å². The minimum absolute atomic E-state index is 0.0101. The summed E-state index contributed by atoms with van der Waals surface area (Å²) >= 11 is 0. The number of halogens is 2. The molecule has 1 aromatic carbocycles. The van der Waals surface area contributed by atoms with E-state index in [1.165, 1.54) is 28.2 Å². The minimum Gasteiger partial charge on any atom is -0.401 e. The maximum absolute atomic E-state index is 15.1. The van der Waals surface area contributed by atoms with Gasteiger partial charge >= 0.3 is 0 Å². The summed E-state index contributed by atoms with van der Waals surface area (Å²) < 4.78 is 38.2. The Balaban J connectivity index is 1.55. The summed E-state index contributed by atoms with van der Waals surface area (Å²) in [6, 6.07) is 0.293. The normalized spacial score (nSPS) is 17.5. The summed E-state index contributed by atoms with van der Waals surface area (Å²) in [4.78, 5) is 26.4. The molecule has 39 heavy (non-hydrogen) atoms. The topological polar surface area (TPSA) is 117 Å². The molecule has 0 bridgehead atoms. The summed E-state index contributed by atoms with van der Waals surface area (Å²) in [5, 5.41) is 2.97. The summed E-state index contributed by atoms with van der Waals surface area (Å²) in [5.41, 5.74) is 6.37. The Morgan fingerprint density at radius 1 is 1.31 bits per heavy atom. The van der Waals surface area contributed by atoms with E-state index < -0.39 is 34.6 Å². The van der Waals surface area contributed by atoms with Crippen LogP contribution in [0.4, 0.5) is 14.6 Å². The third-order valence-corrected chi connectivity index (χ3v) is 6.46. The Morgan fingerprint density at radius 3 is 2.79 bits per heavy atom. The maximum atomic E-state index is 15.1. The van der Waals surface area contributed by atoms with Crippen molar-refractivity contribution in [1.29, 1.82) is 0 Å². The van der Waals surface area contributed by atoms with Gasteiger partial charge in [-0.15, -0.1) is 0 Å². The molecule has 0 spiro atoms. The first-order chi connectivity index (χ1) is 18.5. The van der Waals surface area contributed by atoms with Crippen LogP contribution in [0.3, 0.4) is 0 Å². The number of carbonyl (C=O) groups is 1. The van der Waals surface area contributed by atoms with E-state index in [1.54, 1.807) is 11.7 Å². The molecule has 5 rings (SSSR count). The molecule has 1 saturated heterocycles. The number of nitrogens with two attached hydrogens (primary N) is 1. The summed E-state index contributed by atoms with van der Waals surface area (Å²) in [7, 11) is 18.2. The van der Waals surface area contributed by atoms with Crippen LogP contribution in [0.2, 0.25) is 0 Å². The SMILES string of the molecule is [B]C([B])([B])OC[C@H]1C[C@H](n2nc(C#Cc3c(F)cc4c(ncn4C)c3F)c3c(N)ncnc32)CN1C(=O)C=C. The molecule has 0 unspecified atom stereocenters. The van der Waals surface area contributed by atoms with Gasteiger partial charge in [0.25, 0.3) is 0 Å². The molecule has 1 aliphatic rings. The van der Waals surface area contributed by atoms with E-state index in [0.717, 1.165) is 6.07 Å². The highest BCUT2D eigenvalue weighted by atomic mass is 19.1. The summed E-state index contributed by atoms with van der Waals surface area (Å²) in [5.74, 6) is 3.24. The Labute approximate surface area is 225 Å². The van der Waals surface area contributed by atoms with Crippen molar-refractivity contribution < 1.29 is 18.3 Å². The van der Waals surface area contributed by atoms with E-state index in [9.17, 15) is 9.18 Å². The number of nitrogens with zero attached hydrogens (tertiary/aromatic N) is 7. The zero-order valence-corrected chi connectivity index (χ0v) is 20.8. The number of carbonyl (C=O) groups excluding carboxylic acids is 1. The molecule has 0 saturated carbocycles. The Morgan fingerprint density at radius 2 is 2.08 bits per heavy atom. The number of fused-ring (bicyclic) bond motifs is 2. The molecular formula is C24H19B3F2N8O2. The lowest BCUT2D eigenvalue weighted by Crippen LogP contribution is -2.42. The monoisotopic (exact) mass is 522 g/mol. The number of hydrogen-bond donors (Lipinski definition) is 1. The predicted molar refractivity (Wildman–Crippen MR) is 142 cm³/mol. The molecule has 10 nitrogen and oxygen atoms in total. The van der Waals surface area contributed by atoms with E-state index in [4.69, 9.17) is 34.0 Å². The minimum atomic E-state index is -1.88. The molecule has 2 atom stereocenters. The second kappa shape index (κ2) is 9.85. The van der Waals surface area contributed by atoms with Gasteiger partial charge in [0.2, 0.25) is 5.91 Å². The number of aromatic nitrogens is 6. The number of aryl methyl sites for hydroxylation is 1. The van der Waals surface area contributed by atoms with Crippen LogP contribution in [0.25, 0.3) is 22.1 Å². The Bertz CT molecular complexity index is 1690. The van der Waals surface area contributed by atoms with Crippen molar-refractivity contribution in [3.8, 4) is 11.8 Å². The molecule has 3 aromatic heterocycles. The van der Waals surface area contributed by atoms with E-state index in [-0.39, 0.29) is 41.6 Å². The first-order valence-electron chi connectivity index (χ1n) is 11.7. The fourth-order valence-electron chi connectivity index (χ4n) is 4.62. The Hall–Kier alpha value is -4.18. The maximum Gasteiger partial charge on any atom is 0.246 e. The zero-order valence-electron chi connectivity index (χ0n) is 20.8. The standard InChI is InChI=1S/C24H19B3F2N8O2/c1-3-18(38)36-8-12(6-13(36)9-39-24(25,26)27)37-23-19(22(30)31-10-32-23)16(34-37)5-4-14-15(28)7-17-21(20(14)29)33-11-35(17)2/h3,7,10-13H,1,6,8-9H2,2H3,(H2,30,31,32)/t12-,13+/m0/s1. The molecule has 1 fully saturated rings. The van der Waals surface area contributed by atoms with Crippen molar-refractivity contribution in [2.45, 2.75) is 23.8 Å². The summed E-state index contributed by atoms with van der Waals surface area (Å²) in [6.45, 7) is 3.71. The van der Waals surface area contributed by atoms with Crippen LogP contribution in [0.5, 0.6) is 0 Å². The lowest BCUT2D eigenvalue weighted by Gasteiger charge is -2.28. The number of rotatable bonds is 5. The number of nitrogen functional groups attached to an aromatic ring is 1. The largest absolute Gasteiger partial charge is 0.401 e. The van der Waals surface area contributed by atoms with Crippen molar-refractivity contribution in [2.75, 3.05) is 18.9 Å². The quantitative estimate of drug-likeness (QED) is 0.230. The number of likely N-dealkylation sites (tertiary alicyclic amines) is 1. The molecule has 2 N–H and O–H groups in total. The second-order valence-electron chi connectivity index (χ2n) is 9.17. The number of anilines is 1. The van der Waals surface area contributed by atoms with E-state index in [1.807, 2.05) is 0 Å². The Kier molecular flexibility index (Phi) is 6.68. The molecule has 4 heterocycles. The highest BCUT2D eigenvalue weighted by molar-refractivity contribution is 6.58. The molecule has 15 heteroatoms. The molecule has 4 aromatic rings. The fourth-order valence-corrected chi connectivity index (χ4v) is 4.62.